The number of benzene rings is 1. The van der Waals surface area contributed by atoms with Crippen molar-refractivity contribution in [2.45, 2.75) is 38.5 Å². The van der Waals surface area contributed by atoms with Crippen LogP contribution in [0.3, 0.4) is 0 Å². The highest BCUT2D eigenvalue weighted by Gasteiger charge is 2.31. The largest absolute Gasteiger partial charge is 0.573 e. The smallest absolute Gasteiger partial charge is 0.406 e. The maximum Gasteiger partial charge on any atom is 0.573 e. The van der Waals surface area contributed by atoms with E-state index < -0.39 is 12.3 Å². The van der Waals surface area contributed by atoms with Gasteiger partial charge in [-0.1, -0.05) is 23.5 Å². The van der Waals surface area contributed by atoms with E-state index in [0.717, 1.165) is 42.1 Å². The molecule has 0 aliphatic rings. The number of nitrogens with zero attached hydrogens (tertiary/aromatic N) is 4. The Bertz CT molecular complexity index is 1060. The van der Waals surface area contributed by atoms with E-state index in [1.54, 1.807) is 12.1 Å². The number of aldehydes is 1. The molecule has 0 fully saturated rings. The molecular weight excluding hydrogens is 447 g/mol. The minimum atomic E-state index is -4.80. The number of carbonyl (C=O) groups is 2. The molecule has 0 saturated carbocycles. The second-order valence-electron chi connectivity index (χ2n) is 6.69. The third-order valence-corrected chi connectivity index (χ3v) is 5.05. The number of aromatic nitrogens is 4. The van der Waals surface area contributed by atoms with Crippen LogP contribution in [0.1, 0.15) is 38.9 Å². The summed E-state index contributed by atoms with van der Waals surface area (Å²) >= 11 is 1.27. The van der Waals surface area contributed by atoms with E-state index in [9.17, 15) is 22.8 Å². The first kappa shape index (κ1) is 23.3. The summed E-state index contributed by atoms with van der Waals surface area (Å²) in [6.07, 6.45) is -1.16. The van der Waals surface area contributed by atoms with Gasteiger partial charge in [-0.3, -0.25) is 9.59 Å². The summed E-state index contributed by atoms with van der Waals surface area (Å²) in [5.41, 5.74) is 1.12. The Morgan fingerprint density at radius 3 is 2.56 bits per heavy atom. The molecule has 0 atom stereocenters. The molecule has 1 N–H and O–H groups in total. The van der Waals surface area contributed by atoms with Crippen molar-refractivity contribution in [3.05, 3.63) is 57.7 Å². The third-order valence-electron chi connectivity index (χ3n) is 4.14. The van der Waals surface area contributed by atoms with Crippen LogP contribution in [0, 0.1) is 0 Å². The number of ether oxygens (including phenoxy) is 1. The summed E-state index contributed by atoms with van der Waals surface area (Å²) in [4.78, 5) is 22.8. The Kier molecular flexibility index (Phi) is 7.82. The van der Waals surface area contributed by atoms with Gasteiger partial charge in [0.1, 0.15) is 10.8 Å². The Labute approximate surface area is 184 Å². The number of anilines is 1. The van der Waals surface area contributed by atoms with Crippen molar-refractivity contribution in [3.63, 3.8) is 0 Å². The molecular formula is C20H18F3N5O3S. The zero-order chi connectivity index (χ0) is 23.0. The molecule has 168 valence electrons. The van der Waals surface area contributed by atoms with Gasteiger partial charge in [-0.25, -0.2) is 0 Å². The molecule has 8 nitrogen and oxygen atoms in total. The average molecular weight is 465 g/mol. The standard InChI is InChI=1S/C20H18F3N5O3S/c21-20(22,23)31-15-6-3-4-13(10-15)11-17(30)24-16-9-8-14(25-26-16)5-1-2-7-18-27-28-19(12-29)32-18/h3-4,6,8-10,12H,1-2,5,7,11H2,(H,24,26,30). The Balaban J connectivity index is 1.43. The number of aryl methyl sites for hydroxylation is 2. The fraction of sp³-hybridized carbons (Fsp3) is 0.300. The van der Waals surface area contributed by atoms with Crippen molar-refractivity contribution in [3.8, 4) is 5.75 Å². The van der Waals surface area contributed by atoms with Gasteiger partial charge in [-0.05, 0) is 49.1 Å². The molecule has 1 amide bonds. The number of unbranched alkanes of at least 4 members (excludes halogenated alkanes) is 1. The van der Waals surface area contributed by atoms with Gasteiger partial charge in [-0.15, -0.1) is 28.5 Å². The molecule has 0 aliphatic heterocycles. The van der Waals surface area contributed by atoms with E-state index in [-0.39, 0.29) is 18.0 Å². The summed E-state index contributed by atoms with van der Waals surface area (Å²) in [6.45, 7) is 0. The van der Waals surface area contributed by atoms with Gasteiger partial charge in [0.05, 0.1) is 12.1 Å². The van der Waals surface area contributed by atoms with Crippen molar-refractivity contribution >= 4 is 29.3 Å². The van der Waals surface area contributed by atoms with E-state index in [1.807, 2.05) is 0 Å². The molecule has 0 radical (unpaired) electrons. The molecule has 12 heteroatoms. The zero-order valence-electron chi connectivity index (χ0n) is 16.6. The predicted octanol–water partition coefficient (Wildman–Crippen LogP) is 3.79. The van der Waals surface area contributed by atoms with Crippen LogP contribution < -0.4 is 10.1 Å². The van der Waals surface area contributed by atoms with Gasteiger partial charge in [-0.2, -0.15) is 5.10 Å². The Morgan fingerprint density at radius 1 is 1.06 bits per heavy atom. The first-order valence-corrected chi connectivity index (χ1v) is 10.4. The lowest BCUT2D eigenvalue weighted by Gasteiger charge is -2.10. The van der Waals surface area contributed by atoms with Gasteiger partial charge in [0, 0.05) is 6.42 Å². The molecule has 0 saturated heterocycles. The number of amides is 1. The number of halogens is 3. The van der Waals surface area contributed by atoms with Crippen LogP contribution in [-0.2, 0) is 24.1 Å². The van der Waals surface area contributed by atoms with Crippen LogP contribution in [0.2, 0.25) is 0 Å². The molecule has 0 spiro atoms. The highest BCUT2D eigenvalue weighted by molar-refractivity contribution is 7.12. The van der Waals surface area contributed by atoms with Crippen LogP contribution >= 0.6 is 11.3 Å². The molecule has 0 bridgehead atoms. The minimum absolute atomic E-state index is 0.143. The molecule has 0 unspecified atom stereocenters. The molecule has 2 aromatic heterocycles. The van der Waals surface area contributed by atoms with E-state index in [2.05, 4.69) is 30.4 Å². The normalized spacial score (nSPS) is 11.2. The number of carbonyl (C=O) groups excluding carboxylic acids is 2. The molecule has 3 rings (SSSR count). The monoisotopic (exact) mass is 465 g/mol. The zero-order valence-corrected chi connectivity index (χ0v) is 17.4. The lowest BCUT2D eigenvalue weighted by Crippen LogP contribution is -2.18. The molecule has 2 heterocycles. The van der Waals surface area contributed by atoms with E-state index in [0.29, 0.717) is 23.3 Å². The van der Waals surface area contributed by atoms with Crippen LogP contribution in [0.4, 0.5) is 19.0 Å². The number of hydrogen-bond donors (Lipinski definition) is 1. The first-order valence-electron chi connectivity index (χ1n) is 9.55. The number of rotatable bonds is 10. The predicted molar refractivity (Wildman–Crippen MR) is 109 cm³/mol. The number of nitrogens with one attached hydrogen (secondary N) is 1. The third kappa shape index (κ3) is 7.69. The minimum Gasteiger partial charge on any atom is -0.406 e. The summed E-state index contributed by atoms with van der Waals surface area (Å²) < 4.78 is 40.8. The van der Waals surface area contributed by atoms with Gasteiger partial charge in [0.2, 0.25) is 5.91 Å². The number of hydrogen-bond acceptors (Lipinski definition) is 8. The van der Waals surface area contributed by atoms with Gasteiger partial charge in [0.25, 0.3) is 0 Å². The number of alkyl halides is 3. The topological polar surface area (TPSA) is 107 Å². The maximum atomic E-state index is 12.3. The van der Waals surface area contributed by atoms with Gasteiger partial charge < -0.3 is 10.1 Å². The molecule has 3 aromatic rings. The highest BCUT2D eigenvalue weighted by atomic mass is 32.1. The molecule has 1 aromatic carbocycles. The van der Waals surface area contributed by atoms with Crippen molar-refractivity contribution < 1.29 is 27.5 Å². The van der Waals surface area contributed by atoms with E-state index in [4.69, 9.17) is 0 Å². The van der Waals surface area contributed by atoms with Crippen LogP contribution in [0.25, 0.3) is 0 Å². The lowest BCUT2D eigenvalue weighted by atomic mass is 10.1. The summed E-state index contributed by atoms with van der Waals surface area (Å²) in [5, 5.41) is 19.5. The summed E-state index contributed by atoms with van der Waals surface area (Å²) in [6, 6.07) is 8.59. The second-order valence-corrected chi connectivity index (χ2v) is 7.78. The SMILES string of the molecule is O=Cc1nnc(CCCCc2ccc(NC(=O)Cc3cccc(OC(F)(F)F)c3)nn2)s1. The van der Waals surface area contributed by atoms with Gasteiger partial charge in [0.15, 0.2) is 17.1 Å². The fourth-order valence-corrected chi connectivity index (χ4v) is 3.48. The summed E-state index contributed by atoms with van der Waals surface area (Å²) in [7, 11) is 0. The van der Waals surface area contributed by atoms with Gasteiger partial charge >= 0.3 is 6.36 Å². The second kappa shape index (κ2) is 10.8. The summed E-state index contributed by atoms with van der Waals surface area (Å²) in [5.74, 6) is -0.582. The lowest BCUT2D eigenvalue weighted by molar-refractivity contribution is -0.274. The Hall–Kier alpha value is -3.41. The Morgan fingerprint density at radius 2 is 1.88 bits per heavy atom. The van der Waals surface area contributed by atoms with Crippen molar-refractivity contribution in [2.75, 3.05) is 5.32 Å². The first-order chi connectivity index (χ1) is 15.3. The van der Waals surface area contributed by atoms with Crippen LogP contribution in [0.5, 0.6) is 5.75 Å². The van der Waals surface area contributed by atoms with Crippen LogP contribution in [-0.4, -0.2) is 39.0 Å². The van der Waals surface area contributed by atoms with Crippen molar-refractivity contribution in [2.24, 2.45) is 0 Å². The molecule has 0 aliphatic carbocycles. The quantitative estimate of drug-likeness (QED) is 0.359. The molecule has 32 heavy (non-hydrogen) atoms. The van der Waals surface area contributed by atoms with Crippen molar-refractivity contribution in [1.29, 1.82) is 0 Å². The van der Waals surface area contributed by atoms with Crippen molar-refractivity contribution in [1.82, 2.24) is 20.4 Å². The van der Waals surface area contributed by atoms with E-state index >= 15 is 0 Å². The highest BCUT2D eigenvalue weighted by Crippen LogP contribution is 2.23. The maximum absolute atomic E-state index is 12.3. The van der Waals surface area contributed by atoms with E-state index in [1.165, 1.54) is 23.5 Å². The van der Waals surface area contributed by atoms with Crippen LogP contribution in [0.15, 0.2) is 36.4 Å². The fourth-order valence-electron chi connectivity index (χ4n) is 2.78. The average Bonchev–Trinajstić information content (AvgIpc) is 3.19.